The van der Waals surface area contributed by atoms with Gasteiger partial charge in [-0.05, 0) is 49.4 Å². The number of aliphatic hydroxyl groups excluding tert-OH is 1. The average Bonchev–Trinajstić information content (AvgIpc) is 0.917. The summed E-state index contributed by atoms with van der Waals surface area (Å²) >= 11 is 0. The molecule has 0 aromatic rings. The van der Waals surface area contributed by atoms with Gasteiger partial charge in [0.25, 0.3) is 0 Å². The highest BCUT2D eigenvalue weighted by atomic mass is 31.2. The number of rotatable bonds is 81. The van der Waals surface area contributed by atoms with Gasteiger partial charge in [0.2, 0.25) is 0 Å². The fraction of sp³-hybridized carbons (Fsp3) is 0.952. The van der Waals surface area contributed by atoms with Crippen molar-refractivity contribution in [2.75, 3.05) is 39.6 Å². The van der Waals surface area contributed by atoms with Gasteiger partial charge in [0.05, 0.1) is 26.4 Å². The van der Waals surface area contributed by atoms with Crippen molar-refractivity contribution >= 4 is 39.5 Å². The van der Waals surface area contributed by atoms with E-state index in [0.29, 0.717) is 31.6 Å². The van der Waals surface area contributed by atoms with Gasteiger partial charge in [-0.1, -0.05) is 383 Å². The summed E-state index contributed by atoms with van der Waals surface area (Å²) < 4.78 is 68.8. The molecule has 0 saturated carbocycles. The highest BCUT2D eigenvalue weighted by Gasteiger charge is 2.30. The maximum atomic E-state index is 13.1. The Morgan fingerprint density at radius 2 is 0.466 bits per heavy atom. The minimum absolute atomic E-state index is 0.107. The Bertz CT molecular complexity index is 2010. The van der Waals surface area contributed by atoms with Crippen LogP contribution in [0.4, 0.5) is 0 Å². The second-order valence-corrected chi connectivity index (χ2v) is 34.6. The molecule has 19 heteroatoms. The number of phosphoric acid groups is 2. The quantitative estimate of drug-likeness (QED) is 0.0222. The Kier molecular flexibility index (Phi) is 71.5. The summed E-state index contributed by atoms with van der Waals surface area (Å²) in [5.41, 5.74) is 0. The number of aliphatic hydroxyl groups is 1. The molecule has 0 aromatic heterocycles. The van der Waals surface area contributed by atoms with E-state index in [9.17, 15) is 43.2 Å². The van der Waals surface area contributed by atoms with Crippen LogP contribution in [-0.2, 0) is 65.4 Å². The molecular weight excluding hydrogens is 1340 g/mol. The topological polar surface area (TPSA) is 237 Å². The molecule has 0 rings (SSSR count). The SMILES string of the molecule is CCC(C)CCCCCCCCCCCCCCCCC(=O)OC[C@H](COP(=O)(O)OCC(O)COP(=O)(O)OC[C@@H](COC(=O)CCCCCCCCCC(C)C)OC(=O)CCCCCCCCCCCCCCCCC(C)CC)OC(=O)CCCCCCCCCCCCCCCCC(C)C. The average molecular weight is 1510 g/mol. The summed E-state index contributed by atoms with van der Waals surface area (Å²) in [5.74, 6) is 1.09. The molecule has 0 aliphatic carbocycles. The molecule has 103 heavy (non-hydrogen) atoms. The van der Waals surface area contributed by atoms with Gasteiger partial charge < -0.3 is 33.8 Å². The van der Waals surface area contributed by atoms with Crippen LogP contribution in [0.25, 0.3) is 0 Å². The third kappa shape index (κ3) is 75.3. The van der Waals surface area contributed by atoms with Gasteiger partial charge in [0, 0.05) is 25.7 Å². The highest BCUT2D eigenvalue weighted by molar-refractivity contribution is 7.47. The smallest absolute Gasteiger partial charge is 0.462 e. The van der Waals surface area contributed by atoms with Crippen LogP contribution < -0.4 is 0 Å². The number of hydrogen-bond donors (Lipinski definition) is 3. The molecule has 0 amide bonds. The summed E-state index contributed by atoms with van der Waals surface area (Å²) in [6, 6.07) is 0. The van der Waals surface area contributed by atoms with Gasteiger partial charge in [-0.25, -0.2) is 9.13 Å². The lowest BCUT2D eigenvalue weighted by Gasteiger charge is -2.21. The van der Waals surface area contributed by atoms with E-state index < -0.39 is 97.5 Å². The summed E-state index contributed by atoms with van der Waals surface area (Å²) in [6.07, 6.45) is 61.0. The first-order chi connectivity index (χ1) is 49.7. The number of ether oxygens (including phenoxy) is 4. The molecule has 0 spiro atoms. The Morgan fingerprint density at radius 1 is 0.272 bits per heavy atom. The molecule has 0 aliphatic heterocycles. The fourth-order valence-electron chi connectivity index (χ4n) is 12.9. The van der Waals surface area contributed by atoms with E-state index in [1.54, 1.807) is 0 Å². The molecule has 0 bridgehead atoms. The Balaban J connectivity index is 5.24. The van der Waals surface area contributed by atoms with E-state index in [1.165, 1.54) is 231 Å². The molecule has 3 N–H and O–H groups in total. The summed E-state index contributed by atoms with van der Waals surface area (Å²) in [5, 5.41) is 10.7. The monoisotopic (exact) mass is 1510 g/mol. The van der Waals surface area contributed by atoms with Crippen molar-refractivity contribution in [3.05, 3.63) is 0 Å². The largest absolute Gasteiger partial charge is 0.472 e. The van der Waals surface area contributed by atoms with Crippen molar-refractivity contribution in [2.24, 2.45) is 23.7 Å². The van der Waals surface area contributed by atoms with Crippen LogP contribution in [0.3, 0.4) is 0 Å². The first-order valence-corrected chi connectivity index (χ1v) is 46.3. The van der Waals surface area contributed by atoms with Crippen molar-refractivity contribution < 1.29 is 80.2 Å². The Hall–Kier alpha value is -1.94. The van der Waals surface area contributed by atoms with Crippen molar-refractivity contribution in [1.29, 1.82) is 0 Å². The third-order valence-electron chi connectivity index (χ3n) is 20.3. The van der Waals surface area contributed by atoms with Crippen molar-refractivity contribution in [3.63, 3.8) is 0 Å². The minimum Gasteiger partial charge on any atom is -0.462 e. The zero-order valence-corrected chi connectivity index (χ0v) is 69.7. The van der Waals surface area contributed by atoms with Crippen molar-refractivity contribution in [2.45, 2.75) is 453 Å². The number of hydrogen-bond acceptors (Lipinski definition) is 15. The van der Waals surface area contributed by atoms with Crippen LogP contribution in [0.1, 0.15) is 434 Å². The zero-order valence-electron chi connectivity index (χ0n) is 68.0. The fourth-order valence-corrected chi connectivity index (χ4v) is 14.5. The molecule has 0 radical (unpaired) electrons. The number of carbonyl (C=O) groups is 4. The van der Waals surface area contributed by atoms with Crippen LogP contribution in [0.2, 0.25) is 0 Å². The van der Waals surface area contributed by atoms with Gasteiger partial charge in [-0.15, -0.1) is 0 Å². The van der Waals surface area contributed by atoms with E-state index in [0.717, 1.165) is 114 Å². The number of carbonyl (C=O) groups excluding carboxylic acids is 4. The predicted octanol–water partition coefficient (Wildman–Crippen LogP) is 25.2. The first kappa shape index (κ1) is 101. The van der Waals surface area contributed by atoms with Gasteiger partial charge in [-0.2, -0.15) is 0 Å². The maximum Gasteiger partial charge on any atom is 0.472 e. The second-order valence-electron chi connectivity index (χ2n) is 31.7. The summed E-state index contributed by atoms with van der Waals surface area (Å²) in [4.78, 5) is 73.1. The van der Waals surface area contributed by atoms with E-state index in [2.05, 4.69) is 55.4 Å². The number of phosphoric ester groups is 2. The van der Waals surface area contributed by atoms with E-state index in [-0.39, 0.29) is 25.7 Å². The zero-order chi connectivity index (χ0) is 76.0. The summed E-state index contributed by atoms with van der Waals surface area (Å²) in [7, 11) is -9.93. The standard InChI is InChI=1S/C84H164O17P2/c1-9-76(7)62-54-46-38-30-24-18-12-15-20-26-32-40-48-56-64-81(86)94-70-79(100-83(88)66-58-50-41-33-27-21-14-11-17-23-29-36-44-52-60-74(3)4)72-98-102(90,91)96-68-78(85)69-97-103(92,93)99-73-80(71-95-82(87)65-57-49-43-35-37-45-53-61-75(5)6)101-84(89)67-59-51-42-34-28-22-16-13-19-25-31-39-47-55-63-77(8)10-2/h74-80,85H,9-73H2,1-8H3,(H,90,91)(H,92,93)/t76?,77?,78?,79-,80-/m1/s1. The molecule has 0 fully saturated rings. The molecule has 7 atom stereocenters. The highest BCUT2D eigenvalue weighted by Crippen LogP contribution is 2.45. The Labute approximate surface area is 632 Å². The lowest BCUT2D eigenvalue weighted by molar-refractivity contribution is -0.161. The third-order valence-corrected chi connectivity index (χ3v) is 22.2. The molecule has 17 nitrogen and oxygen atoms in total. The first-order valence-electron chi connectivity index (χ1n) is 43.3. The van der Waals surface area contributed by atoms with Gasteiger partial charge in [0.1, 0.15) is 19.3 Å². The molecule has 5 unspecified atom stereocenters. The second kappa shape index (κ2) is 72.9. The maximum absolute atomic E-state index is 13.1. The van der Waals surface area contributed by atoms with Crippen LogP contribution in [0.15, 0.2) is 0 Å². The van der Waals surface area contributed by atoms with E-state index in [1.807, 2.05) is 0 Å². The van der Waals surface area contributed by atoms with E-state index >= 15 is 0 Å². The molecule has 0 aromatic carbocycles. The van der Waals surface area contributed by atoms with E-state index in [4.69, 9.17) is 37.0 Å². The number of esters is 4. The van der Waals surface area contributed by atoms with Crippen LogP contribution in [-0.4, -0.2) is 96.7 Å². The van der Waals surface area contributed by atoms with Gasteiger partial charge in [0.15, 0.2) is 12.2 Å². The van der Waals surface area contributed by atoms with Gasteiger partial charge in [-0.3, -0.25) is 37.3 Å². The van der Waals surface area contributed by atoms with Crippen molar-refractivity contribution in [3.8, 4) is 0 Å². The molecule has 0 saturated heterocycles. The molecule has 612 valence electrons. The van der Waals surface area contributed by atoms with Crippen LogP contribution >= 0.6 is 15.6 Å². The van der Waals surface area contributed by atoms with Gasteiger partial charge >= 0.3 is 39.5 Å². The minimum atomic E-state index is -4.97. The number of unbranched alkanes of at least 4 members (excludes halogenated alkanes) is 45. The predicted molar refractivity (Wildman–Crippen MR) is 423 cm³/mol. The summed E-state index contributed by atoms with van der Waals surface area (Å²) in [6.45, 7) is 14.3. The lowest BCUT2D eigenvalue weighted by atomic mass is 9.99. The molecular formula is C84H164O17P2. The lowest BCUT2D eigenvalue weighted by Crippen LogP contribution is -2.30. The Morgan fingerprint density at radius 3 is 0.689 bits per heavy atom. The van der Waals surface area contributed by atoms with Crippen LogP contribution in [0, 0.1) is 23.7 Å². The van der Waals surface area contributed by atoms with Crippen molar-refractivity contribution in [1.82, 2.24) is 0 Å². The molecule has 0 aliphatic rings. The molecule has 0 heterocycles. The van der Waals surface area contributed by atoms with Crippen LogP contribution in [0.5, 0.6) is 0 Å². The normalized spacial score (nSPS) is 14.5.